The van der Waals surface area contributed by atoms with Crippen LogP contribution < -0.4 is 5.32 Å². The van der Waals surface area contributed by atoms with Gasteiger partial charge in [0.15, 0.2) is 0 Å². The lowest BCUT2D eigenvalue weighted by Gasteiger charge is -1.99. The lowest BCUT2D eigenvalue weighted by Crippen LogP contribution is -2.13. The Morgan fingerprint density at radius 2 is 2.25 bits per heavy atom. The number of nitrogens with zero attached hydrogens (tertiary/aromatic N) is 1. The monoisotopic (exact) mass is 220 g/mol. The highest BCUT2D eigenvalue weighted by Crippen LogP contribution is 2.63. The first-order valence-corrected chi connectivity index (χ1v) is 6.55. The number of nitrogens with one attached hydrogen (secondary N) is 1. The predicted molar refractivity (Wildman–Crippen MR) is 62.1 cm³/mol. The molecule has 1 N–H and O–H groups in total. The summed E-state index contributed by atoms with van der Waals surface area (Å²) in [5.41, 5.74) is 0. The molecule has 0 radical (unpaired) electrons. The normalized spacial score (nSPS) is 31.7. The Morgan fingerprint density at radius 3 is 3.00 bits per heavy atom. The number of hydrogen-bond donors (Lipinski definition) is 1. The average molecular weight is 220 g/mol. The fraction of sp³-hybridized carbons (Fsp3) is 0.769. The minimum atomic E-state index is 0.709. The van der Waals surface area contributed by atoms with E-state index in [4.69, 9.17) is 4.42 Å². The molecule has 3 rings (SSSR count). The van der Waals surface area contributed by atoms with Crippen molar-refractivity contribution in [2.24, 2.45) is 11.8 Å². The van der Waals surface area contributed by atoms with Crippen LogP contribution in [0.25, 0.3) is 0 Å². The van der Waals surface area contributed by atoms with Gasteiger partial charge in [-0.1, -0.05) is 13.3 Å². The largest absolute Gasteiger partial charge is 0.444 e. The summed E-state index contributed by atoms with van der Waals surface area (Å²) in [5, 5.41) is 3.32. The molecule has 3 heteroatoms. The SMILES string of the molecule is CCCNCc1ncc(C2C3CCCC32)o1. The van der Waals surface area contributed by atoms with Crippen LogP contribution in [0.2, 0.25) is 0 Å². The van der Waals surface area contributed by atoms with E-state index < -0.39 is 0 Å². The van der Waals surface area contributed by atoms with Crippen LogP contribution >= 0.6 is 0 Å². The first kappa shape index (κ1) is 10.3. The summed E-state index contributed by atoms with van der Waals surface area (Å²) in [6, 6.07) is 0. The molecular formula is C13H20N2O. The second kappa shape index (κ2) is 4.21. The van der Waals surface area contributed by atoms with Gasteiger partial charge in [0.25, 0.3) is 0 Å². The van der Waals surface area contributed by atoms with Crippen LogP contribution in [-0.2, 0) is 6.54 Å². The molecule has 0 amide bonds. The van der Waals surface area contributed by atoms with Gasteiger partial charge in [-0.3, -0.25) is 0 Å². The molecule has 16 heavy (non-hydrogen) atoms. The molecular weight excluding hydrogens is 200 g/mol. The van der Waals surface area contributed by atoms with Crippen LogP contribution in [-0.4, -0.2) is 11.5 Å². The van der Waals surface area contributed by atoms with E-state index >= 15 is 0 Å². The number of fused-ring (bicyclic) bond motifs is 1. The van der Waals surface area contributed by atoms with Crippen LogP contribution in [0.5, 0.6) is 0 Å². The number of hydrogen-bond acceptors (Lipinski definition) is 3. The number of rotatable bonds is 5. The van der Waals surface area contributed by atoms with Crippen LogP contribution in [0, 0.1) is 11.8 Å². The lowest BCUT2D eigenvalue weighted by atomic mass is 10.1. The second-order valence-electron chi connectivity index (χ2n) is 5.12. The third kappa shape index (κ3) is 1.77. The zero-order valence-electron chi connectivity index (χ0n) is 9.91. The molecule has 0 saturated heterocycles. The maximum absolute atomic E-state index is 5.82. The van der Waals surface area contributed by atoms with E-state index in [1.54, 1.807) is 0 Å². The summed E-state index contributed by atoms with van der Waals surface area (Å²) < 4.78 is 5.82. The Labute approximate surface area is 96.6 Å². The highest BCUT2D eigenvalue weighted by atomic mass is 16.4. The summed E-state index contributed by atoms with van der Waals surface area (Å²) in [5.74, 6) is 4.55. The maximum Gasteiger partial charge on any atom is 0.208 e. The molecule has 3 nitrogen and oxygen atoms in total. The smallest absolute Gasteiger partial charge is 0.208 e. The molecule has 0 bridgehead atoms. The molecule has 0 aromatic carbocycles. The van der Waals surface area contributed by atoms with Gasteiger partial charge in [0, 0.05) is 5.92 Å². The molecule has 1 heterocycles. The van der Waals surface area contributed by atoms with Crippen molar-refractivity contribution in [1.29, 1.82) is 0 Å². The third-order valence-electron chi connectivity index (χ3n) is 4.01. The molecule has 2 saturated carbocycles. The predicted octanol–water partition coefficient (Wildman–Crippen LogP) is 2.69. The highest BCUT2D eigenvalue weighted by Gasteiger charge is 2.54. The molecule has 2 unspecified atom stereocenters. The van der Waals surface area contributed by atoms with Crippen molar-refractivity contribution in [3.8, 4) is 0 Å². The van der Waals surface area contributed by atoms with Gasteiger partial charge in [-0.2, -0.15) is 0 Å². The fourth-order valence-corrected chi connectivity index (χ4v) is 3.18. The van der Waals surface area contributed by atoms with Crippen molar-refractivity contribution < 1.29 is 4.42 Å². The Balaban J connectivity index is 1.57. The van der Waals surface area contributed by atoms with Gasteiger partial charge in [-0.25, -0.2) is 4.98 Å². The Kier molecular flexibility index (Phi) is 2.72. The van der Waals surface area contributed by atoms with Gasteiger partial charge >= 0.3 is 0 Å². The van der Waals surface area contributed by atoms with Crippen molar-refractivity contribution in [2.45, 2.75) is 45.1 Å². The van der Waals surface area contributed by atoms with Gasteiger partial charge in [0.2, 0.25) is 5.89 Å². The van der Waals surface area contributed by atoms with Gasteiger partial charge in [0.1, 0.15) is 5.76 Å². The summed E-state index contributed by atoms with van der Waals surface area (Å²) in [7, 11) is 0. The molecule has 0 spiro atoms. The molecule has 2 atom stereocenters. The summed E-state index contributed by atoms with van der Waals surface area (Å²) in [6.45, 7) is 3.97. The number of oxazole rings is 1. The quantitative estimate of drug-likeness (QED) is 0.775. The van der Waals surface area contributed by atoms with E-state index in [0.29, 0.717) is 5.92 Å². The summed E-state index contributed by atoms with van der Waals surface area (Å²) in [6.07, 6.45) is 7.33. The molecule has 1 aromatic rings. The Bertz CT molecular complexity index is 351. The van der Waals surface area contributed by atoms with E-state index in [1.165, 1.54) is 19.3 Å². The highest BCUT2D eigenvalue weighted by molar-refractivity contribution is 5.19. The minimum absolute atomic E-state index is 0.709. The fourth-order valence-electron chi connectivity index (χ4n) is 3.18. The average Bonchev–Trinajstić information content (AvgIpc) is 2.75. The topological polar surface area (TPSA) is 38.1 Å². The van der Waals surface area contributed by atoms with E-state index in [1.807, 2.05) is 6.20 Å². The van der Waals surface area contributed by atoms with Crippen LogP contribution in [0.3, 0.4) is 0 Å². The van der Waals surface area contributed by atoms with Crippen LogP contribution in [0.1, 0.15) is 50.2 Å². The lowest BCUT2D eigenvalue weighted by molar-refractivity contribution is 0.424. The van der Waals surface area contributed by atoms with Crippen molar-refractivity contribution in [3.63, 3.8) is 0 Å². The van der Waals surface area contributed by atoms with E-state index in [2.05, 4.69) is 17.2 Å². The first-order chi connectivity index (χ1) is 7.90. The van der Waals surface area contributed by atoms with Crippen molar-refractivity contribution >= 4 is 0 Å². The maximum atomic E-state index is 5.82. The Hall–Kier alpha value is -0.830. The van der Waals surface area contributed by atoms with Crippen molar-refractivity contribution in [2.75, 3.05) is 6.54 Å². The molecule has 2 aliphatic rings. The molecule has 0 aliphatic heterocycles. The van der Waals surface area contributed by atoms with E-state index in [9.17, 15) is 0 Å². The van der Waals surface area contributed by atoms with Crippen LogP contribution in [0.15, 0.2) is 10.6 Å². The van der Waals surface area contributed by atoms with Gasteiger partial charge in [-0.15, -0.1) is 0 Å². The molecule has 1 aromatic heterocycles. The van der Waals surface area contributed by atoms with E-state index in [0.717, 1.165) is 43.0 Å². The number of aromatic nitrogens is 1. The summed E-state index contributed by atoms with van der Waals surface area (Å²) in [4.78, 5) is 4.35. The first-order valence-electron chi connectivity index (χ1n) is 6.55. The van der Waals surface area contributed by atoms with Crippen LogP contribution in [0.4, 0.5) is 0 Å². The standard InChI is InChI=1S/C13H20N2O/c1-2-6-14-8-12-15-7-11(16-12)13-9-4-3-5-10(9)13/h7,9-10,13-14H,2-6,8H2,1H3. The Morgan fingerprint density at radius 1 is 1.44 bits per heavy atom. The third-order valence-corrected chi connectivity index (χ3v) is 4.01. The molecule has 88 valence electrons. The minimum Gasteiger partial charge on any atom is -0.444 e. The summed E-state index contributed by atoms with van der Waals surface area (Å²) >= 11 is 0. The van der Waals surface area contributed by atoms with Crippen molar-refractivity contribution in [1.82, 2.24) is 10.3 Å². The van der Waals surface area contributed by atoms with E-state index in [-0.39, 0.29) is 0 Å². The van der Waals surface area contributed by atoms with Gasteiger partial charge < -0.3 is 9.73 Å². The zero-order valence-corrected chi connectivity index (χ0v) is 9.91. The van der Waals surface area contributed by atoms with Crippen molar-refractivity contribution in [3.05, 3.63) is 17.8 Å². The zero-order chi connectivity index (χ0) is 11.0. The van der Waals surface area contributed by atoms with Gasteiger partial charge in [-0.05, 0) is 37.6 Å². The molecule has 2 fully saturated rings. The second-order valence-corrected chi connectivity index (χ2v) is 5.12. The molecule has 2 aliphatic carbocycles. The van der Waals surface area contributed by atoms with Gasteiger partial charge in [0.05, 0.1) is 12.7 Å².